The highest BCUT2D eigenvalue weighted by Gasteiger charge is 2.27. The minimum atomic E-state index is -0.181. The molecule has 0 N–H and O–H groups in total. The lowest BCUT2D eigenvalue weighted by atomic mass is 9.92. The highest BCUT2D eigenvalue weighted by atomic mass is 16.5. The summed E-state index contributed by atoms with van der Waals surface area (Å²) in [5.41, 5.74) is 4.14. The van der Waals surface area contributed by atoms with Gasteiger partial charge < -0.3 is 14.2 Å². The van der Waals surface area contributed by atoms with Gasteiger partial charge in [-0.25, -0.2) is 0 Å². The van der Waals surface area contributed by atoms with Crippen molar-refractivity contribution in [3.8, 4) is 5.75 Å². The number of ether oxygens (including phenoxy) is 1. The Morgan fingerprint density at radius 1 is 1.03 bits per heavy atom. The molecule has 2 heterocycles. The van der Waals surface area contributed by atoms with Gasteiger partial charge in [0.15, 0.2) is 5.43 Å². The van der Waals surface area contributed by atoms with Crippen molar-refractivity contribution in [1.29, 1.82) is 0 Å². The summed E-state index contributed by atoms with van der Waals surface area (Å²) in [6.07, 6.45) is 3.51. The maximum Gasteiger partial charge on any atom is 0.259 e. The molecule has 1 aliphatic heterocycles. The van der Waals surface area contributed by atoms with Crippen LogP contribution < -0.4 is 10.2 Å². The number of aromatic nitrogens is 1. The second kappa shape index (κ2) is 10.7. The SMILES string of the molecule is CCc1c(C(=O)N2CCCC(c3ccccc3)CC2)c(=O)cc(C)n1Cc1ccccc1OC. The van der Waals surface area contributed by atoms with Gasteiger partial charge in [0.05, 0.1) is 13.7 Å². The third-order valence-corrected chi connectivity index (χ3v) is 6.98. The number of carbonyl (C=O) groups is 1. The molecule has 1 fully saturated rings. The van der Waals surface area contributed by atoms with Crippen LogP contribution in [0.2, 0.25) is 0 Å². The summed E-state index contributed by atoms with van der Waals surface area (Å²) in [5.74, 6) is 1.12. The third kappa shape index (κ3) is 4.93. The van der Waals surface area contributed by atoms with Crippen LogP contribution in [0.4, 0.5) is 0 Å². The monoisotopic (exact) mass is 458 g/mol. The van der Waals surface area contributed by atoms with Crippen LogP contribution in [-0.4, -0.2) is 35.6 Å². The Morgan fingerprint density at radius 3 is 2.50 bits per heavy atom. The lowest BCUT2D eigenvalue weighted by molar-refractivity contribution is 0.0757. The third-order valence-electron chi connectivity index (χ3n) is 6.98. The molecule has 5 nitrogen and oxygen atoms in total. The Morgan fingerprint density at radius 2 is 1.76 bits per heavy atom. The molecular weight excluding hydrogens is 424 g/mol. The van der Waals surface area contributed by atoms with Gasteiger partial charge in [0.1, 0.15) is 11.3 Å². The van der Waals surface area contributed by atoms with E-state index in [0.29, 0.717) is 37.5 Å². The van der Waals surface area contributed by atoms with E-state index in [1.807, 2.05) is 49.1 Å². The summed E-state index contributed by atoms with van der Waals surface area (Å²) >= 11 is 0. The standard InChI is InChI=1S/C29H34N2O3/c1-4-25-28(26(32)19-21(2)31(25)20-24-13-8-9-15-27(24)34-3)29(33)30-17-10-14-23(16-18-30)22-11-6-5-7-12-22/h5-9,11-13,15,19,23H,4,10,14,16-18,20H2,1-3H3. The highest BCUT2D eigenvalue weighted by Crippen LogP contribution is 2.29. The number of para-hydroxylation sites is 1. The number of nitrogens with zero attached hydrogens (tertiary/aromatic N) is 2. The Kier molecular flexibility index (Phi) is 7.51. The molecule has 178 valence electrons. The first kappa shape index (κ1) is 23.8. The van der Waals surface area contributed by atoms with Crippen molar-refractivity contribution in [2.75, 3.05) is 20.2 Å². The fourth-order valence-corrected chi connectivity index (χ4v) is 5.17. The quantitative estimate of drug-likeness (QED) is 0.511. The van der Waals surface area contributed by atoms with E-state index < -0.39 is 0 Å². The second-order valence-corrected chi connectivity index (χ2v) is 9.05. The number of methoxy groups -OCH3 is 1. The molecular formula is C29H34N2O3. The normalized spacial score (nSPS) is 16.2. The summed E-state index contributed by atoms with van der Waals surface area (Å²) in [5, 5.41) is 0. The summed E-state index contributed by atoms with van der Waals surface area (Å²) in [7, 11) is 1.66. The number of hydrogen-bond acceptors (Lipinski definition) is 3. The van der Waals surface area contributed by atoms with Gasteiger partial charge >= 0.3 is 0 Å². The predicted octanol–water partition coefficient (Wildman–Crippen LogP) is 5.19. The zero-order valence-corrected chi connectivity index (χ0v) is 20.4. The van der Waals surface area contributed by atoms with Crippen molar-refractivity contribution >= 4 is 5.91 Å². The van der Waals surface area contributed by atoms with Gasteiger partial charge in [-0.05, 0) is 50.2 Å². The number of rotatable bonds is 6. The van der Waals surface area contributed by atoms with E-state index in [2.05, 4.69) is 28.8 Å². The van der Waals surface area contributed by atoms with Crippen molar-refractivity contribution in [2.24, 2.45) is 0 Å². The highest BCUT2D eigenvalue weighted by molar-refractivity contribution is 5.95. The Labute approximate surface area is 202 Å². The molecule has 0 radical (unpaired) electrons. The summed E-state index contributed by atoms with van der Waals surface area (Å²) in [6.45, 7) is 5.85. The molecule has 1 amide bonds. The minimum absolute atomic E-state index is 0.135. The van der Waals surface area contributed by atoms with Crippen LogP contribution in [-0.2, 0) is 13.0 Å². The molecule has 1 saturated heterocycles. The van der Waals surface area contributed by atoms with E-state index in [4.69, 9.17) is 4.74 Å². The van der Waals surface area contributed by atoms with Crippen LogP contribution >= 0.6 is 0 Å². The van der Waals surface area contributed by atoms with E-state index in [1.54, 1.807) is 13.2 Å². The zero-order chi connectivity index (χ0) is 24.1. The van der Waals surface area contributed by atoms with Crippen LogP contribution in [0.3, 0.4) is 0 Å². The topological polar surface area (TPSA) is 51.5 Å². The summed E-state index contributed by atoms with van der Waals surface area (Å²) < 4.78 is 7.63. The van der Waals surface area contributed by atoms with E-state index in [-0.39, 0.29) is 11.3 Å². The van der Waals surface area contributed by atoms with Gasteiger partial charge in [-0.1, -0.05) is 55.5 Å². The smallest absolute Gasteiger partial charge is 0.259 e. The number of likely N-dealkylation sites (tertiary alicyclic amines) is 1. The Hall–Kier alpha value is -3.34. The Balaban J connectivity index is 1.64. The average Bonchev–Trinajstić information content (AvgIpc) is 3.12. The van der Waals surface area contributed by atoms with Crippen molar-refractivity contribution < 1.29 is 9.53 Å². The number of carbonyl (C=O) groups excluding carboxylic acids is 1. The fourth-order valence-electron chi connectivity index (χ4n) is 5.17. The molecule has 0 spiro atoms. The van der Waals surface area contributed by atoms with Gasteiger partial charge in [0, 0.05) is 36.1 Å². The van der Waals surface area contributed by atoms with E-state index in [9.17, 15) is 9.59 Å². The molecule has 0 saturated carbocycles. The van der Waals surface area contributed by atoms with E-state index in [0.717, 1.165) is 42.0 Å². The maximum atomic E-state index is 13.7. The van der Waals surface area contributed by atoms with E-state index in [1.165, 1.54) is 5.56 Å². The van der Waals surface area contributed by atoms with Crippen LogP contribution in [0.1, 0.15) is 65.0 Å². The van der Waals surface area contributed by atoms with Gasteiger partial charge in [-0.3, -0.25) is 9.59 Å². The van der Waals surface area contributed by atoms with Crippen LogP contribution in [0, 0.1) is 6.92 Å². The average molecular weight is 459 g/mol. The lowest BCUT2D eigenvalue weighted by Crippen LogP contribution is -2.37. The molecule has 2 aromatic carbocycles. The van der Waals surface area contributed by atoms with Gasteiger partial charge in [-0.2, -0.15) is 0 Å². The second-order valence-electron chi connectivity index (χ2n) is 9.05. The molecule has 0 aliphatic carbocycles. The molecule has 3 aromatic rings. The van der Waals surface area contributed by atoms with Crippen LogP contribution in [0.15, 0.2) is 65.5 Å². The molecule has 4 rings (SSSR count). The molecule has 1 aromatic heterocycles. The fraction of sp³-hybridized carbons (Fsp3) is 0.379. The molecule has 1 atom stereocenters. The first-order chi connectivity index (χ1) is 16.5. The molecule has 34 heavy (non-hydrogen) atoms. The van der Waals surface area contributed by atoms with Crippen LogP contribution in [0.5, 0.6) is 5.75 Å². The maximum absolute atomic E-state index is 13.7. The number of pyridine rings is 1. The minimum Gasteiger partial charge on any atom is -0.496 e. The largest absolute Gasteiger partial charge is 0.496 e. The first-order valence-corrected chi connectivity index (χ1v) is 12.2. The van der Waals surface area contributed by atoms with Crippen molar-refractivity contribution in [1.82, 2.24) is 9.47 Å². The van der Waals surface area contributed by atoms with Gasteiger partial charge in [0.25, 0.3) is 5.91 Å². The molecule has 0 bridgehead atoms. The summed E-state index contributed by atoms with van der Waals surface area (Å²) in [6, 6.07) is 20.0. The zero-order valence-electron chi connectivity index (χ0n) is 20.4. The van der Waals surface area contributed by atoms with Crippen molar-refractivity contribution in [2.45, 2.75) is 52.0 Å². The summed E-state index contributed by atoms with van der Waals surface area (Å²) in [4.78, 5) is 28.7. The number of amides is 1. The van der Waals surface area contributed by atoms with E-state index >= 15 is 0 Å². The number of hydrogen-bond donors (Lipinski definition) is 0. The molecule has 1 unspecified atom stereocenters. The van der Waals surface area contributed by atoms with Gasteiger partial charge in [-0.15, -0.1) is 0 Å². The molecule has 1 aliphatic rings. The van der Waals surface area contributed by atoms with Gasteiger partial charge in [0.2, 0.25) is 0 Å². The lowest BCUT2D eigenvalue weighted by Gasteiger charge is -2.25. The number of benzene rings is 2. The van der Waals surface area contributed by atoms with Crippen LogP contribution in [0.25, 0.3) is 0 Å². The van der Waals surface area contributed by atoms with Crippen molar-refractivity contribution in [3.63, 3.8) is 0 Å². The number of aryl methyl sites for hydroxylation is 1. The Bertz CT molecular complexity index is 1200. The molecule has 5 heteroatoms. The predicted molar refractivity (Wildman–Crippen MR) is 136 cm³/mol. The van der Waals surface area contributed by atoms with Crippen molar-refractivity contribution in [3.05, 3.63) is 99.0 Å². The first-order valence-electron chi connectivity index (χ1n) is 12.2.